The van der Waals surface area contributed by atoms with E-state index in [0.717, 1.165) is 43.9 Å². The van der Waals surface area contributed by atoms with Gasteiger partial charge in [-0.05, 0) is 50.5 Å². The van der Waals surface area contributed by atoms with Crippen LogP contribution in [-0.4, -0.2) is 56.7 Å². The first-order chi connectivity index (χ1) is 16.0. The smallest absolute Gasteiger partial charge is 0.223 e. The van der Waals surface area contributed by atoms with Crippen molar-refractivity contribution in [1.29, 1.82) is 0 Å². The van der Waals surface area contributed by atoms with Crippen LogP contribution in [0.15, 0.2) is 23.7 Å². The first-order valence-electron chi connectivity index (χ1n) is 11.8. The van der Waals surface area contributed by atoms with E-state index in [1.165, 1.54) is 29.8 Å². The van der Waals surface area contributed by atoms with Crippen LogP contribution < -0.4 is 5.32 Å². The van der Waals surface area contributed by atoms with Gasteiger partial charge in [0, 0.05) is 44.6 Å². The molecule has 0 spiro atoms. The van der Waals surface area contributed by atoms with E-state index in [4.69, 9.17) is 9.97 Å². The highest BCUT2D eigenvalue weighted by Crippen LogP contribution is 2.43. The zero-order valence-corrected chi connectivity index (χ0v) is 20.2. The van der Waals surface area contributed by atoms with Gasteiger partial charge in [-0.25, -0.2) is 28.5 Å². The van der Waals surface area contributed by atoms with Gasteiger partial charge in [-0.15, -0.1) is 0 Å². The van der Waals surface area contributed by atoms with Crippen molar-refractivity contribution in [3.8, 4) is 11.4 Å². The highest BCUT2D eigenvalue weighted by Gasteiger charge is 2.34. The second-order valence-corrected chi connectivity index (χ2v) is 11.1. The molecule has 33 heavy (non-hydrogen) atoms. The van der Waals surface area contributed by atoms with E-state index in [0.29, 0.717) is 22.9 Å². The summed E-state index contributed by atoms with van der Waals surface area (Å²) in [6.07, 6.45) is 10.7. The topological polar surface area (TPSA) is 93.8 Å². The van der Waals surface area contributed by atoms with Gasteiger partial charge in [0.15, 0.2) is 5.03 Å². The molecule has 0 radical (unpaired) electrons. The zero-order valence-electron chi connectivity index (χ0n) is 19.4. The number of anilines is 1. The van der Waals surface area contributed by atoms with Gasteiger partial charge in [-0.1, -0.05) is 6.92 Å². The van der Waals surface area contributed by atoms with Crippen LogP contribution in [0.4, 0.5) is 5.95 Å². The molecule has 0 bridgehead atoms. The summed E-state index contributed by atoms with van der Waals surface area (Å²) in [5.74, 6) is 2.09. The van der Waals surface area contributed by atoms with E-state index in [-0.39, 0.29) is 6.04 Å². The summed E-state index contributed by atoms with van der Waals surface area (Å²) in [6.45, 7) is 5.79. The van der Waals surface area contributed by atoms with E-state index in [1.807, 2.05) is 28.3 Å². The largest absolute Gasteiger partial charge is 0.351 e. The molecule has 2 fully saturated rings. The molecule has 9 nitrogen and oxygen atoms in total. The van der Waals surface area contributed by atoms with Crippen LogP contribution in [0.25, 0.3) is 11.4 Å². The second-order valence-electron chi connectivity index (χ2n) is 9.65. The maximum absolute atomic E-state index is 12.9. The Labute approximate surface area is 196 Å². The Balaban J connectivity index is 1.20. The minimum atomic E-state index is -1.22. The van der Waals surface area contributed by atoms with E-state index >= 15 is 0 Å². The summed E-state index contributed by atoms with van der Waals surface area (Å²) < 4.78 is 19.2. The average Bonchev–Trinajstić information content (AvgIpc) is 3.45. The molecule has 6 rings (SSSR count). The number of fused-ring (bicyclic) bond motifs is 3. The lowest BCUT2D eigenvalue weighted by atomic mass is 9.95. The van der Waals surface area contributed by atoms with Gasteiger partial charge in [0.2, 0.25) is 5.95 Å². The molecule has 2 aliphatic carbocycles. The van der Waals surface area contributed by atoms with Crippen LogP contribution in [0.2, 0.25) is 0 Å². The summed E-state index contributed by atoms with van der Waals surface area (Å²) in [7, 11) is 0.672. The Morgan fingerprint density at radius 2 is 2.00 bits per heavy atom. The molecular weight excluding hydrogens is 436 g/mol. The predicted octanol–water partition coefficient (Wildman–Crippen LogP) is 2.66. The highest BCUT2D eigenvalue weighted by atomic mass is 32.2. The highest BCUT2D eigenvalue weighted by molar-refractivity contribution is 7.82. The van der Waals surface area contributed by atoms with Crippen molar-refractivity contribution < 1.29 is 4.21 Å². The molecule has 4 heterocycles. The second kappa shape index (κ2) is 8.02. The van der Waals surface area contributed by atoms with Crippen molar-refractivity contribution in [2.24, 2.45) is 13.0 Å². The van der Waals surface area contributed by atoms with Crippen LogP contribution in [0.3, 0.4) is 0 Å². The quantitative estimate of drug-likeness (QED) is 0.621. The monoisotopic (exact) mass is 466 g/mol. The molecule has 1 saturated carbocycles. The number of imidazole rings is 2. The van der Waals surface area contributed by atoms with Crippen molar-refractivity contribution in [2.75, 3.05) is 18.4 Å². The molecule has 3 aromatic heterocycles. The molecule has 3 unspecified atom stereocenters. The van der Waals surface area contributed by atoms with E-state index in [9.17, 15) is 4.21 Å². The molecule has 10 heteroatoms. The Bertz CT molecular complexity index is 1230. The van der Waals surface area contributed by atoms with Crippen LogP contribution in [0.5, 0.6) is 0 Å². The summed E-state index contributed by atoms with van der Waals surface area (Å²) in [4.78, 5) is 18.8. The molecule has 3 aliphatic rings. The van der Waals surface area contributed by atoms with Crippen LogP contribution >= 0.6 is 0 Å². The van der Waals surface area contributed by atoms with Gasteiger partial charge in [0.05, 0.1) is 23.4 Å². The number of nitrogens with one attached hydrogen (secondary N) is 1. The van der Waals surface area contributed by atoms with Gasteiger partial charge in [0.1, 0.15) is 16.8 Å². The molecule has 1 aliphatic heterocycles. The van der Waals surface area contributed by atoms with Crippen molar-refractivity contribution in [2.45, 2.75) is 63.1 Å². The minimum absolute atomic E-state index is 0.234. The average molecular weight is 467 g/mol. The van der Waals surface area contributed by atoms with E-state index < -0.39 is 11.0 Å². The Kier molecular flexibility index (Phi) is 5.10. The zero-order chi connectivity index (χ0) is 22.7. The third-order valence-electron chi connectivity index (χ3n) is 7.07. The fraction of sp³-hybridized carbons (Fsp3) is 0.565. The van der Waals surface area contributed by atoms with E-state index in [1.54, 1.807) is 6.33 Å². The Morgan fingerprint density at radius 3 is 2.73 bits per heavy atom. The van der Waals surface area contributed by atoms with Gasteiger partial charge >= 0.3 is 0 Å². The maximum atomic E-state index is 12.9. The lowest BCUT2D eigenvalue weighted by molar-refractivity contribution is 0.270. The van der Waals surface area contributed by atoms with Crippen LogP contribution in [0, 0.1) is 12.8 Å². The van der Waals surface area contributed by atoms with Crippen molar-refractivity contribution in [3.05, 3.63) is 35.8 Å². The van der Waals surface area contributed by atoms with Crippen LogP contribution in [-0.2, 0) is 30.9 Å². The molecule has 3 atom stereocenters. The van der Waals surface area contributed by atoms with Gasteiger partial charge in [-0.2, -0.15) is 0 Å². The molecule has 3 aromatic rings. The minimum Gasteiger partial charge on any atom is -0.351 e. The molecular formula is C23H30N8OS. The number of aromatic nitrogens is 6. The maximum Gasteiger partial charge on any atom is 0.223 e. The number of hydrogen-bond donors (Lipinski definition) is 1. The van der Waals surface area contributed by atoms with Crippen molar-refractivity contribution >= 4 is 16.9 Å². The lowest BCUT2D eigenvalue weighted by Gasteiger charge is -2.36. The normalized spacial score (nSPS) is 23.7. The third-order valence-corrected chi connectivity index (χ3v) is 8.44. The fourth-order valence-corrected chi connectivity index (χ4v) is 6.47. The molecule has 1 N–H and O–H groups in total. The van der Waals surface area contributed by atoms with Gasteiger partial charge in [0.25, 0.3) is 0 Å². The van der Waals surface area contributed by atoms with Crippen molar-refractivity contribution in [1.82, 2.24) is 33.4 Å². The molecule has 0 aromatic carbocycles. The number of piperidine rings is 1. The SMILES string of the molecule is Cc1nc2c(n1C1CC1)-c1nc(NC3CCN(S(=O)c4cn(C)cn4)CC3C)ncc1CC2. The Hall–Kier alpha value is -2.59. The lowest BCUT2D eigenvalue weighted by Crippen LogP contribution is -2.46. The first-order valence-corrected chi connectivity index (χ1v) is 12.9. The predicted molar refractivity (Wildman–Crippen MR) is 126 cm³/mol. The first kappa shape index (κ1) is 21.0. The molecule has 174 valence electrons. The van der Waals surface area contributed by atoms with Gasteiger partial charge < -0.3 is 14.5 Å². The summed E-state index contributed by atoms with van der Waals surface area (Å²) >= 11 is 0. The summed E-state index contributed by atoms with van der Waals surface area (Å²) in [6, 6.07) is 0.807. The summed E-state index contributed by atoms with van der Waals surface area (Å²) in [5.41, 5.74) is 4.64. The standard InChI is InChI=1S/C23H30N8OS/c1-14-11-30(33(32)20-12-29(3)13-25-20)9-8-18(14)27-23-24-10-16-4-7-19-22(21(16)28-23)31(15(2)26-19)17-5-6-17/h10,12-14,17-18H,4-9,11H2,1-3H3,(H,24,27,28). The third kappa shape index (κ3) is 3.78. The Morgan fingerprint density at radius 1 is 1.15 bits per heavy atom. The fourth-order valence-electron chi connectivity index (χ4n) is 5.17. The van der Waals surface area contributed by atoms with Crippen molar-refractivity contribution in [3.63, 3.8) is 0 Å². The molecule has 1 saturated heterocycles. The number of hydrogen-bond acceptors (Lipinski definition) is 6. The number of rotatable bonds is 5. The summed E-state index contributed by atoms with van der Waals surface area (Å²) in [5, 5.41) is 4.21. The van der Waals surface area contributed by atoms with Gasteiger partial charge in [-0.3, -0.25) is 0 Å². The number of aryl methyl sites for hydroxylation is 4. The van der Waals surface area contributed by atoms with E-state index in [2.05, 4.69) is 33.7 Å². The van der Waals surface area contributed by atoms with Crippen LogP contribution in [0.1, 0.15) is 49.3 Å². The number of nitrogens with zero attached hydrogens (tertiary/aromatic N) is 7. The molecule has 0 amide bonds.